The van der Waals surface area contributed by atoms with Gasteiger partial charge >= 0.3 is 0 Å². The van der Waals surface area contributed by atoms with E-state index in [1.54, 1.807) is 13.0 Å². The highest BCUT2D eigenvalue weighted by atomic mass is 19.1. The Labute approximate surface area is 110 Å². The molecule has 1 heterocycles. The topological polar surface area (TPSA) is 39.2 Å². The zero-order valence-electron chi connectivity index (χ0n) is 10.8. The summed E-state index contributed by atoms with van der Waals surface area (Å²) in [6, 6.07) is 10.8. The number of halogens is 1. The molecular weight excluding hydrogens is 241 g/mol. The Morgan fingerprint density at radius 1 is 1.05 bits per heavy atom. The fourth-order valence-corrected chi connectivity index (χ4v) is 2.17. The number of rotatable bonds is 1. The second-order valence-electron chi connectivity index (χ2n) is 4.84. The van der Waals surface area contributed by atoms with Crippen molar-refractivity contribution in [2.45, 2.75) is 13.8 Å². The van der Waals surface area contributed by atoms with Crippen LogP contribution in [0.1, 0.15) is 11.1 Å². The molecule has 0 unspecified atom stereocenters. The predicted octanol–water partition coefficient (Wildman–Crippen LogP) is 4.44. The van der Waals surface area contributed by atoms with E-state index in [0.717, 1.165) is 22.1 Å². The van der Waals surface area contributed by atoms with E-state index in [4.69, 9.17) is 10.2 Å². The van der Waals surface area contributed by atoms with E-state index in [1.165, 1.54) is 6.07 Å². The summed E-state index contributed by atoms with van der Waals surface area (Å²) < 4.78 is 19.7. The van der Waals surface area contributed by atoms with Crippen LogP contribution in [-0.2, 0) is 0 Å². The number of nitrogen functional groups attached to an aromatic ring is 1. The molecule has 3 heteroatoms. The summed E-state index contributed by atoms with van der Waals surface area (Å²) in [6.45, 7) is 3.79. The van der Waals surface area contributed by atoms with E-state index in [2.05, 4.69) is 0 Å². The average Bonchev–Trinajstić information content (AvgIpc) is 2.76. The number of anilines is 1. The Bertz CT molecular complexity index is 774. The first-order valence-corrected chi connectivity index (χ1v) is 6.11. The van der Waals surface area contributed by atoms with Gasteiger partial charge in [-0.2, -0.15) is 0 Å². The molecule has 0 saturated heterocycles. The Morgan fingerprint density at radius 2 is 1.84 bits per heavy atom. The number of aryl methyl sites for hydroxylation is 2. The fourth-order valence-electron chi connectivity index (χ4n) is 2.17. The van der Waals surface area contributed by atoms with Gasteiger partial charge in [-0.15, -0.1) is 0 Å². The van der Waals surface area contributed by atoms with Crippen LogP contribution >= 0.6 is 0 Å². The minimum absolute atomic E-state index is 0.317. The molecule has 0 fully saturated rings. The molecule has 0 aliphatic carbocycles. The predicted molar refractivity (Wildman–Crippen MR) is 75.5 cm³/mol. The van der Waals surface area contributed by atoms with Crippen LogP contribution in [0.4, 0.5) is 10.1 Å². The van der Waals surface area contributed by atoms with Crippen molar-refractivity contribution in [3.63, 3.8) is 0 Å². The molecule has 2 N–H and O–H groups in total. The number of fused-ring (bicyclic) bond motifs is 1. The summed E-state index contributed by atoms with van der Waals surface area (Å²) in [5.74, 6) is 0.187. The zero-order valence-corrected chi connectivity index (χ0v) is 10.8. The van der Waals surface area contributed by atoms with Gasteiger partial charge in [0.05, 0.1) is 5.56 Å². The third-order valence-electron chi connectivity index (χ3n) is 3.29. The average molecular weight is 255 g/mol. The summed E-state index contributed by atoms with van der Waals surface area (Å²) in [5, 5.41) is 0.966. The smallest absolute Gasteiger partial charge is 0.138 e. The van der Waals surface area contributed by atoms with E-state index in [-0.39, 0.29) is 5.82 Å². The minimum atomic E-state index is -0.317. The van der Waals surface area contributed by atoms with Crippen molar-refractivity contribution in [1.82, 2.24) is 0 Å². The van der Waals surface area contributed by atoms with Gasteiger partial charge in [-0.1, -0.05) is 11.6 Å². The van der Waals surface area contributed by atoms with Gasteiger partial charge in [0.25, 0.3) is 0 Å². The highest BCUT2D eigenvalue weighted by Gasteiger charge is 2.12. The summed E-state index contributed by atoms with van der Waals surface area (Å²) in [6.07, 6.45) is 0. The maximum Gasteiger partial charge on any atom is 0.138 e. The second-order valence-corrected chi connectivity index (χ2v) is 4.84. The molecule has 0 radical (unpaired) electrons. The standard InChI is InChI=1S/C16H14FNO/c1-9-3-4-15-11(5-9)7-16(19-15)12-8-14(18)10(2)6-13(12)17/h3-8H,18H2,1-2H3. The van der Waals surface area contributed by atoms with Crippen molar-refractivity contribution in [3.8, 4) is 11.3 Å². The molecule has 0 atom stereocenters. The van der Waals surface area contributed by atoms with Crippen molar-refractivity contribution >= 4 is 16.7 Å². The Balaban J connectivity index is 2.21. The molecule has 3 aromatic rings. The largest absolute Gasteiger partial charge is 0.456 e. The molecule has 19 heavy (non-hydrogen) atoms. The van der Waals surface area contributed by atoms with Crippen LogP contribution in [0, 0.1) is 19.7 Å². The van der Waals surface area contributed by atoms with Crippen LogP contribution in [-0.4, -0.2) is 0 Å². The molecule has 0 spiro atoms. The number of hydrogen-bond acceptors (Lipinski definition) is 2. The van der Waals surface area contributed by atoms with E-state index in [0.29, 0.717) is 17.0 Å². The van der Waals surface area contributed by atoms with E-state index in [1.807, 2.05) is 31.2 Å². The fraction of sp³-hybridized carbons (Fsp3) is 0.125. The molecule has 0 aliphatic rings. The maximum atomic E-state index is 14.0. The molecule has 0 saturated carbocycles. The summed E-state index contributed by atoms with van der Waals surface area (Å²) in [7, 11) is 0. The third-order valence-corrected chi connectivity index (χ3v) is 3.29. The molecule has 0 bridgehead atoms. The Hall–Kier alpha value is -2.29. The van der Waals surface area contributed by atoms with Crippen LogP contribution < -0.4 is 5.73 Å². The number of nitrogens with two attached hydrogens (primary N) is 1. The van der Waals surface area contributed by atoms with Crippen LogP contribution in [0.25, 0.3) is 22.3 Å². The highest BCUT2D eigenvalue weighted by Crippen LogP contribution is 2.32. The first kappa shape index (κ1) is 11.8. The van der Waals surface area contributed by atoms with Crippen molar-refractivity contribution in [2.75, 3.05) is 5.73 Å². The van der Waals surface area contributed by atoms with Gasteiger partial charge in [0.15, 0.2) is 0 Å². The number of benzene rings is 2. The summed E-state index contributed by atoms with van der Waals surface area (Å²) >= 11 is 0. The van der Waals surface area contributed by atoms with Gasteiger partial charge < -0.3 is 10.2 Å². The van der Waals surface area contributed by atoms with Gasteiger partial charge in [-0.3, -0.25) is 0 Å². The lowest BCUT2D eigenvalue weighted by atomic mass is 10.1. The molecule has 2 nitrogen and oxygen atoms in total. The van der Waals surface area contributed by atoms with E-state index < -0.39 is 0 Å². The van der Waals surface area contributed by atoms with Gasteiger partial charge in [0, 0.05) is 11.1 Å². The van der Waals surface area contributed by atoms with Crippen LogP contribution in [0.15, 0.2) is 40.8 Å². The van der Waals surface area contributed by atoms with Gasteiger partial charge in [0.2, 0.25) is 0 Å². The van der Waals surface area contributed by atoms with Crippen molar-refractivity contribution in [1.29, 1.82) is 0 Å². The monoisotopic (exact) mass is 255 g/mol. The lowest BCUT2D eigenvalue weighted by molar-refractivity contribution is 0.601. The van der Waals surface area contributed by atoms with Crippen LogP contribution in [0.5, 0.6) is 0 Å². The number of furan rings is 1. The lowest BCUT2D eigenvalue weighted by Gasteiger charge is -2.04. The lowest BCUT2D eigenvalue weighted by Crippen LogP contribution is -1.93. The molecular formula is C16H14FNO. The Morgan fingerprint density at radius 3 is 2.63 bits per heavy atom. The van der Waals surface area contributed by atoms with Gasteiger partial charge in [0.1, 0.15) is 17.2 Å². The SMILES string of the molecule is Cc1ccc2oc(-c3cc(N)c(C)cc3F)cc2c1. The summed E-state index contributed by atoms with van der Waals surface area (Å²) in [5.41, 5.74) is 9.42. The Kier molecular flexibility index (Phi) is 2.56. The van der Waals surface area contributed by atoms with Crippen molar-refractivity contribution < 1.29 is 8.81 Å². The van der Waals surface area contributed by atoms with Crippen molar-refractivity contribution in [2.24, 2.45) is 0 Å². The molecule has 3 rings (SSSR count). The van der Waals surface area contributed by atoms with E-state index >= 15 is 0 Å². The first-order chi connectivity index (χ1) is 9.04. The van der Waals surface area contributed by atoms with Crippen LogP contribution in [0.2, 0.25) is 0 Å². The van der Waals surface area contributed by atoms with Gasteiger partial charge in [-0.25, -0.2) is 4.39 Å². The molecule has 2 aromatic carbocycles. The molecule has 0 aliphatic heterocycles. The second kappa shape index (κ2) is 4.12. The quantitative estimate of drug-likeness (QED) is 0.653. The third kappa shape index (κ3) is 1.97. The van der Waals surface area contributed by atoms with E-state index in [9.17, 15) is 4.39 Å². The zero-order chi connectivity index (χ0) is 13.6. The summed E-state index contributed by atoms with van der Waals surface area (Å²) in [4.78, 5) is 0. The first-order valence-electron chi connectivity index (χ1n) is 6.11. The molecule has 96 valence electrons. The minimum Gasteiger partial charge on any atom is -0.456 e. The highest BCUT2D eigenvalue weighted by molar-refractivity contribution is 5.84. The number of hydrogen-bond donors (Lipinski definition) is 1. The molecule has 1 aromatic heterocycles. The van der Waals surface area contributed by atoms with Gasteiger partial charge in [-0.05, 0) is 49.7 Å². The normalized spacial score (nSPS) is 11.1. The molecule has 0 amide bonds. The maximum absolute atomic E-state index is 14.0. The van der Waals surface area contributed by atoms with Crippen LogP contribution in [0.3, 0.4) is 0 Å². The van der Waals surface area contributed by atoms with Crippen molar-refractivity contribution in [3.05, 3.63) is 53.3 Å².